The number of pyridine rings is 2. The molecule has 0 aliphatic heterocycles. The summed E-state index contributed by atoms with van der Waals surface area (Å²) in [7, 11) is 0. The maximum atomic E-state index is 5.96. The fourth-order valence-electron chi connectivity index (χ4n) is 2.10. The lowest BCUT2D eigenvalue weighted by atomic mass is 10.0. The van der Waals surface area contributed by atoms with Crippen LogP contribution < -0.4 is 5.73 Å². The maximum absolute atomic E-state index is 5.96. The van der Waals surface area contributed by atoms with Crippen molar-refractivity contribution in [3.63, 3.8) is 0 Å². The Labute approximate surface area is 105 Å². The van der Waals surface area contributed by atoms with Gasteiger partial charge in [-0.3, -0.25) is 9.97 Å². The highest BCUT2D eigenvalue weighted by Gasteiger charge is 2.04. The third-order valence-corrected chi connectivity index (χ3v) is 3.06. The van der Waals surface area contributed by atoms with Gasteiger partial charge in [-0.25, -0.2) is 0 Å². The number of anilines is 1. The summed E-state index contributed by atoms with van der Waals surface area (Å²) in [4.78, 5) is 8.49. The Balaban J connectivity index is 2.08. The predicted octanol–water partition coefficient (Wildman–Crippen LogP) is 2.80. The molecule has 0 radical (unpaired) electrons. The van der Waals surface area contributed by atoms with E-state index in [0.29, 0.717) is 0 Å². The van der Waals surface area contributed by atoms with E-state index in [4.69, 9.17) is 5.73 Å². The predicted molar refractivity (Wildman–Crippen MR) is 73.2 cm³/mol. The summed E-state index contributed by atoms with van der Waals surface area (Å²) in [5.74, 6) is 0. The normalized spacial score (nSPS) is 10.7. The fraction of sp³-hybridized carbons (Fsp3) is 0.0667. The van der Waals surface area contributed by atoms with Gasteiger partial charge < -0.3 is 5.73 Å². The number of aromatic nitrogens is 2. The van der Waals surface area contributed by atoms with E-state index in [1.807, 2.05) is 42.7 Å². The molecule has 0 spiro atoms. The van der Waals surface area contributed by atoms with E-state index >= 15 is 0 Å². The van der Waals surface area contributed by atoms with E-state index in [-0.39, 0.29) is 0 Å². The lowest BCUT2D eigenvalue weighted by molar-refractivity contribution is 1.16. The molecule has 3 heteroatoms. The van der Waals surface area contributed by atoms with Crippen molar-refractivity contribution in [3.05, 3.63) is 66.1 Å². The first-order valence-electron chi connectivity index (χ1n) is 5.85. The molecular formula is C15H13N3. The van der Waals surface area contributed by atoms with Crippen LogP contribution in [-0.2, 0) is 6.42 Å². The van der Waals surface area contributed by atoms with E-state index in [0.717, 1.165) is 23.2 Å². The van der Waals surface area contributed by atoms with E-state index in [2.05, 4.69) is 16.0 Å². The quantitative estimate of drug-likeness (QED) is 0.743. The van der Waals surface area contributed by atoms with Crippen molar-refractivity contribution in [1.82, 2.24) is 9.97 Å². The Kier molecular flexibility index (Phi) is 2.65. The molecular weight excluding hydrogens is 222 g/mol. The van der Waals surface area contributed by atoms with E-state index in [9.17, 15) is 0 Å². The standard InChI is InChI=1S/C15H13N3/c16-14-6-7-17-10-12(14)9-11-5-8-18-15-4-2-1-3-13(11)15/h1-8,10H,9H2,(H2,16,17). The number of rotatable bonds is 2. The Bertz CT molecular complexity index is 687. The third kappa shape index (κ3) is 1.91. The summed E-state index contributed by atoms with van der Waals surface area (Å²) >= 11 is 0. The zero-order chi connectivity index (χ0) is 12.4. The Morgan fingerprint density at radius 2 is 1.83 bits per heavy atom. The van der Waals surface area contributed by atoms with Gasteiger partial charge in [0.1, 0.15) is 0 Å². The van der Waals surface area contributed by atoms with Crippen molar-refractivity contribution in [2.45, 2.75) is 6.42 Å². The maximum Gasteiger partial charge on any atom is 0.0704 e. The lowest BCUT2D eigenvalue weighted by Crippen LogP contribution is -1.97. The Morgan fingerprint density at radius 3 is 2.72 bits per heavy atom. The molecule has 2 heterocycles. The molecule has 0 aliphatic rings. The van der Waals surface area contributed by atoms with Gasteiger partial charge >= 0.3 is 0 Å². The molecule has 18 heavy (non-hydrogen) atoms. The second-order valence-electron chi connectivity index (χ2n) is 4.24. The first kappa shape index (κ1) is 10.7. The molecule has 0 unspecified atom stereocenters. The zero-order valence-electron chi connectivity index (χ0n) is 9.88. The Hall–Kier alpha value is -2.42. The topological polar surface area (TPSA) is 51.8 Å². The molecule has 0 bridgehead atoms. The van der Waals surface area contributed by atoms with Crippen molar-refractivity contribution < 1.29 is 0 Å². The summed E-state index contributed by atoms with van der Waals surface area (Å²) in [6, 6.07) is 12.0. The molecule has 0 fully saturated rings. The van der Waals surface area contributed by atoms with E-state index in [1.54, 1.807) is 6.20 Å². The molecule has 3 rings (SSSR count). The van der Waals surface area contributed by atoms with Crippen LogP contribution in [0.3, 0.4) is 0 Å². The highest BCUT2D eigenvalue weighted by molar-refractivity contribution is 5.82. The average Bonchev–Trinajstić information content (AvgIpc) is 2.42. The minimum Gasteiger partial charge on any atom is -0.398 e. The van der Waals surface area contributed by atoms with Crippen LogP contribution >= 0.6 is 0 Å². The van der Waals surface area contributed by atoms with Gasteiger partial charge in [0.05, 0.1) is 5.52 Å². The lowest BCUT2D eigenvalue weighted by Gasteiger charge is -2.07. The summed E-state index contributed by atoms with van der Waals surface area (Å²) in [6.07, 6.45) is 6.15. The van der Waals surface area contributed by atoms with Crippen LogP contribution in [0.2, 0.25) is 0 Å². The van der Waals surface area contributed by atoms with Crippen molar-refractivity contribution in [2.24, 2.45) is 0 Å². The number of hydrogen-bond acceptors (Lipinski definition) is 3. The number of nitrogens with zero attached hydrogens (tertiary/aromatic N) is 2. The number of hydrogen-bond donors (Lipinski definition) is 1. The third-order valence-electron chi connectivity index (χ3n) is 3.06. The molecule has 2 aromatic heterocycles. The van der Waals surface area contributed by atoms with Crippen molar-refractivity contribution in [3.8, 4) is 0 Å². The van der Waals surface area contributed by atoms with E-state index < -0.39 is 0 Å². The highest BCUT2D eigenvalue weighted by Crippen LogP contribution is 2.21. The van der Waals surface area contributed by atoms with Gasteiger partial charge in [-0.15, -0.1) is 0 Å². The van der Waals surface area contributed by atoms with Gasteiger partial charge in [0.25, 0.3) is 0 Å². The van der Waals surface area contributed by atoms with Crippen LogP contribution in [0.5, 0.6) is 0 Å². The molecule has 88 valence electrons. The Morgan fingerprint density at radius 1 is 0.944 bits per heavy atom. The van der Waals surface area contributed by atoms with Crippen LogP contribution in [0.4, 0.5) is 5.69 Å². The molecule has 3 nitrogen and oxygen atoms in total. The number of fused-ring (bicyclic) bond motifs is 1. The van der Waals surface area contributed by atoms with Gasteiger partial charge in [-0.2, -0.15) is 0 Å². The minimum atomic E-state index is 0.780. The fourth-order valence-corrected chi connectivity index (χ4v) is 2.10. The first-order valence-corrected chi connectivity index (χ1v) is 5.85. The summed E-state index contributed by atoms with van der Waals surface area (Å²) < 4.78 is 0. The van der Waals surface area contributed by atoms with Gasteiger partial charge in [0.2, 0.25) is 0 Å². The number of nitrogen functional groups attached to an aromatic ring is 1. The smallest absolute Gasteiger partial charge is 0.0704 e. The van der Waals surface area contributed by atoms with Crippen molar-refractivity contribution in [1.29, 1.82) is 0 Å². The zero-order valence-corrected chi connectivity index (χ0v) is 9.88. The van der Waals surface area contributed by atoms with Crippen molar-refractivity contribution >= 4 is 16.6 Å². The van der Waals surface area contributed by atoms with Crippen LogP contribution in [0.25, 0.3) is 10.9 Å². The monoisotopic (exact) mass is 235 g/mol. The second-order valence-corrected chi connectivity index (χ2v) is 4.24. The van der Waals surface area contributed by atoms with Gasteiger partial charge in [-0.1, -0.05) is 18.2 Å². The molecule has 1 aromatic carbocycles. The first-order chi connectivity index (χ1) is 8.84. The number of benzene rings is 1. The van der Waals surface area contributed by atoms with Gasteiger partial charge in [0, 0.05) is 36.1 Å². The molecule has 3 aromatic rings. The second kappa shape index (κ2) is 4.45. The van der Waals surface area contributed by atoms with Gasteiger partial charge in [-0.05, 0) is 29.3 Å². The summed E-state index contributed by atoms with van der Waals surface area (Å²) in [6.45, 7) is 0. The summed E-state index contributed by atoms with van der Waals surface area (Å²) in [5.41, 5.74) is 10.0. The molecule has 2 N–H and O–H groups in total. The molecule has 0 atom stereocenters. The number of nitrogens with two attached hydrogens (primary N) is 1. The molecule has 0 aliphatic carbocycles. The SMILES string of the molecule is Nc1ccncc1Cc1ccnc2ccccc12. The van der Waals surface area contributed by atoms with Crippen LogP contribution in [0.1, 0.15) is 11.1 Å². The van der Waals surface area contributed by atoms with Crippen LogP contribution in [-0.4, -0.2) is 9.97 Å². The summed E-state index contributed by atoms with van der Waals surface area (Å²) in [5, 5.41) is 1.17. The number of para-hydroxylation sites is 1. The minimum absolute atomic E-state index is 0.780. The molecule has 0 saturated heterocycles. The van der Waals surface area contributed by atoms with Crippen LogP contribution in [0, 0.1) is 0 Å². The molecule has 0 amide bonds. The molecule has 0 saturated carbocycles. The average molecular weight is 235 g/mol. The van der Waals surface area contributed by atoms with Crippen molar-refractivity contribution in [2.75, 3.05) is 5.73 Å². The van der Waals surface area contributed by atoms with E-state index in [1.165, 1.54) is 10.9 Å². The van der Waals surface area contributed by atoms with Crippen LogP contribution in [0.15, 0.2) is 55.0 Å². The largest absolute Gasteiger partial charge is 0.398 e. The van der Waals surface area contributed by atoms with Gasteiger partial charge in [0.15, 0.2) is 0 Å². The highest BCUT2D eigenvalue weighted by atomic mass is 14.7.